The van der Waals surface area contributed by atoms with E-state index in [9.17, 15) is 0 Å². The fourth-order valence-electron chi connectivity index (χ4n) is 7.47. The Hall–Kier alpha value is -2.52. The zero-order valence-electron chi connectivity index (χ0n) is 22.8. The predicted octanol–water partition coefficient (Wildman–Crippen LogP) is 3.38. The molecule has 1 saturated heterocycles. The second kappa shape index (κ2) is 8.50. The van der Waals surface area contributed by atoms with Crippen LogP contribution in [0.2, 0.25) is 0 Å². The van der Waals surface area contributed by atoms with Gasteiger partial charge in [0.1, 0.15) is 16.9 Å². The maximum atomic E-state index is 5.38. The number of aromatic nitrogens is 6. The van der Waals surface area contributed by atoms with Crippen molar-refractivity contribution in [1.29, 1.82) is 0 Å². The van der Waals surface area contributed by atoms with Crippen LogP contribution in [0.4, 0.5) is 5.82 Å². The molecule has 4 fully saturated rings. The van der Waals surface area contributed by atoms with Crippen molar-refractivity contribution >= 4 is 16.9 Å². The van der Waals surface area contributed by atoms with Gasteiger partial charge in [-0.25, -0.2) is 9.97 Å². The van der Waals surface area contributed by atoms with Crippen molar-refractivity contribution in [3.8, 4) is 0 Å². The summed E-state index contributed by atoms with van der Waals surface area (Å²) >= 11 is 0. The average Bonchev–Trinajstić information content (AvgIpc) is 3.33. The molecule has 3 aliphatic carbocycles. The first-order valence-electron chi connectivity index (χ1n) is 14.1. The Morgan fingerprint density at radius 3 is 2.43 bits per heavy atom. The van der Waals surface area contributed by atoms with E-state index in [4.69, 9.17) is 14.8 Å². The summed E-state index contributed by atoms with van der Waals surface area (Å²) < 4.78 is 9.71. The van der Waals surface area contributed by atoms with E-state index < -0.39 is 0 Å². The molecule has 0 aromatic carbocycles. The molecule has 3 aromatic rings. The van der Waals surface area contributed by atoms with Gasteiger partial charge in [0, 0.05) is 62.4 Å². The van der Waals surface area contributed by atoms with Gasteiger partial charge in [0.15, 0.2) is 5.82 Å². The van der Waals surface area contributed by atoms with Crippen molar-refractivity contribution in [2.75, 3.05) is 31.2 Å². The maximum absolute atomic E-state index is 5.38. The van der Waals surface area contributed by atoms with Gasteiger partial charge in [0.25, 0.3) is 0 Å². The third-order valence-corrected chi connectivity index (χ3v) is 9.94. The molecule has 0 spiro atoms. The molecule has 5 aliphatic rings. The molecule has 0 unspecified atom stereocenters. The fourth-order valence-corrected chi connectivity index (χ4v) is 7.47. The third-order valence-electron chi connectivity index (χ3n) is 9.94. The first kappa shape index (κ1) is 23.6. The van der Waals surface area contributed by atoms with Crippen LogP contribution < -0.4 is 10.2 Å². The fraction of sp³-hybridized carbons (Fsp3) is 0.714. The normalized spacial score (nSPS) is 27.6. The summed E-state index contributed by atoms with van der Waals surface area (Å²) in [5, 5.41) is 13.7. The molecule has 2 aliphatic heterocycles. The number of hydrogen-bond donors (Lipinski definition) is 1. The molecule has 37 heavy (non-hydrogen) atoms. The van der Waals surface area contributed by atoms with Gasteiger partial charge < -0.3 is 15.0 Å². The molecule has 5 heterocycles. The van der Waals surface area contributed by atoms with E-state index in [1.807, 2.05) is 25.6 Å². The van der Waals surface area contributed by atoms with Gasteiger partial charge in [-0.1, -0.05) is 0 Å². The number of aryl methyl sites for hydroxylation is 4. The Kier molecular flexibility index (Phi) is 5.42. The van der Waals surface area contributed by atoms with E-state index in [0.717, 1.165) is 80.1 Å². The molecule has 2 bridgehead atoms. The van der Waals surface area contributed by atoms with E-state index in [2.05, 4.69) is 31.9 Å². The quantitative estimate of drug-likeness (QED) is 0.551. The Balaban J connectivity index is 1.09. The second-order valence-electron chi connectivity index (χ2n) is 12.4. The van der Waals surface area contributed by atoms with Crippen LogP contribution in [-0.4, -0.2) is 61.4 Å². The van der Waals surface area contributed by atoms with Gasteiger partial charge in [-0.2, -0.15) is 10.2 Å². The smallest absolute Gasteiger partial charge is 0.158 e. The molecule has 0 amide bonds. The number of nitrogens with one attached hydrogen (secondary N) is 1. The Labute approximate surface area is 219 Å². The van der Waals surface area contributed by atoms with Crippen LogP contribution in [0.15, 0.2) is 0 Å². The molecule has 1 N–H and O–H groups in total. The minimum Gasteiger partial charge on any atom is -0.381 e. The molecular formula is C28H40N8O. The van der Waals surface area contributed by atoms with Crippen LogP contribution in [0.5, 0.6) is 0 Å². The summed E-state index contributed by atoms with van der Waals surface area (Å²) in [5.74, 6) is 2.53. The maximum Gasteiger partial charge on any atom is 0.158 e. The first-order chi connectivity index (χ1) is 17.8. The van der Waals surface area contributed by atoms with Gasteiger partial charge >= 0.3 is 0 Å². The van der Waals surface area contributed by atoms with Crippen LogP contribution in [0.3, 0.4) is 0 Å². The van der Waals surface area contributed by atoms with Crippen LogP contribution >= 0.6 is 0 Å². The zero-order chi connectivity index (χ0) is 25.4. The first-order valence-corrected chi connectivity index (χ1v) is 14.1. The molecule has 3 saturated carbocycles. The van der Waals surface area contributed by atoms with Crippen molar-refractivity contribution in [2.24, 2.45) is 18.4 Å². The average molecular weight is 505 g/mol. The standard InChI is InChI=1S/C28H40N8O/c1-18-22-14-35(26-25-24(30-20(3)31-26)19(2)32-34(25)4)12-5-23(22)36(33-18)17-27-6-9-28(10-7-27,11-8-27)29-13-21-15-37-16-21/h21,29H,5-17H2,1-4H3. The summed E-state index contributed by atoms with van der Waals surface area (Å²) in [6, 6.07) is 0. The van der Waals surface area contributed by atoms with Gasteiger partial charge in [-0.3, -0.25) is 9.36 Å². The van der Waals surface area contributed by atoms with Crippen LogP contribution in [0, 0.1) is 32.1 Å². The van der Waals surface area contributed by atoms with E-state index in [1.54, 1.807) is 0 Å². The molecule has 3 aromatic heterocycles. The van der Waals surface area contributed by atoms with Crippen molar-refractivity contribution in [2.45, 2.75) is 84.3 Å². The molecule has 198 valence electrons. The number of fused-ring (bicyclic) bond motifs is 5. The molecule has 0 atom stereocenters. The topological polar surface area (TPSA) is 85.9 Å². The predicted molar refractivity (Wildman–Crippen MR) is 143 cm³/mol. The van der Waals surface area contributed by atoms with Gasteiger partial charge in [0.05, 0.1) is 24.6 Å². The molecular weight excluding hydrogens is 464 g/mol. The van der Waals surface area contributed by atoms with Crippen molar-refractivity contribution in [3.63, 3.8) is 0 Å². The lowest BCUT2D eigenvalue weighted by atomic mass is 9.57. The third kappa shape index (κ3) is 3.88. The van der Waals surface area contributed by atoms with Gasteiger partial charge in [-0.05, 0) is 64.7 Å². The highest BCUT2D eigenvalue weighted by atomic mass is 16.5. The highest BCUT2D eigenvalue weighted by Crippen LogP contribution is 2.53. The van der Waals surface area contributed by atoms with Crippen LogP contribution in [-0.2, 0) is 31.3 Å². The van der Waals surface area contributed by atoms with Gasteiger partial charge in [0.2, 0.25) is 0 Å². The van der Waals surface area contributed by atoms with E-state index in [-0.39, 0.29) is 0 Å². The van der Waals surface area contributed by atoms with E-state index in [0.29, 0.717) is 11.0 Å². The van der Waals surface area contributed by atoms with Crippen molar-refractivity contribution in [3.05, 3.63) is 28.5 Å². The highest BCUT2D eigenvalue weighted by molar-refractivity contribution is 5.88. The number of ether oxygens (including phenoxy) is 1. The second-order valence-corrected chi connectivity index (χ2v) is 12.4. The summed E-state index contributed by atoms with van der Waals surface area (Å²) in [5.41, 5.74) is 7.74. The largest absolute Gasteiger partial charge is 0.381 e. The minimum absolute atomic E-state index is 0.377. The summed E-state index contributed by atoms with van der Waals surface area (Å²) in [4.78, 5) is 12.0. The van der Waals surface area contributed by atoms with E-state index in [1.165, 1.54) is 55.5 Å². The number of anilines is 1. The van der Waals surface area contributed by atoms with Crippen molar-refractivity contribution < 1.29 is 4.74 Å². The lowest BCUT2D eigenvalue weighted by Crippen LogP contribution is -2.57. The Morgan fingerprint density at radius 2 is 1.73 bits per heavy atom. The summed E-state index contributed by atoms with van der Waals surface area (Å²) in [6.45, 7) is 12.1. The zero-order valence-corrected chi connectivity index (χ0v) is 22.8. The molecule has 8 rings (SSSR count). The Morgan fingerprint density at radius 1 is 0.973 bits per heavy atom. The number of hydrogen-bond acceptors (Lipinski definition) is 7. The lowest BCUT2D eigenvalue weighted by molar-refractivity contribution is -0.0448. The number of nitrogens with zero attached hydrogens (tertiary/aromatic N) is 7. The van der Waals surface area contributed by atoms with E-state index >= 15 is 0 Å². The minimum atomic E-state index is 0.377. The Bertz CT molecular complexity index is 1330. The summed E-state index contributed by atoms with van der Waals surface area (Å²) in [7, 11) is 2.00. The summed E-state index contributed by atoms with van der Waals surface area (Å²) in [6.07, 6.45) is 8.89. The molecule has 9 heteroatoms. The van der Waals surface area contributed by atoms with Crippen LogP contribution in [0.25, 0.3) is 11.0 Å². The van der Waals surface area contributed by atoms with Gasteiger partial charge in [-0.15, -0.1) is 0 Å². The highest BCUT2D eigenvalue weighted by Gasteiger charge is 2.49. The van der Waals surface area contributed by atoms with Crippen LogP contribution in [0.1, 0.15) is 67.0 Å². The SMILES string of the molecule is Cc1nc(N2CCc3c(c(C)nn3CC34CCC(NCC5COC5)(CC3)CC4)C2)c2c(n1)c(C)nn2C. The van der Waals surface area contributed by atoms with Crippen molar-refractivity contribution in [1.82, 2.24) is 34.8 Å². The molecule has 0 radical (unpaired) electrons. The monoisotopic (exact) mass is 504 g/mol. The number of rotatable bonds is 6. The lowest BCUT2D eigenvalue weighted by Gasteiger charge is -2.54. The molecule has 9 nitrogen and oxygen atoms in total.